The fraction of sp³-hybridized carbons (Fsp3) is 0.688. The fourth-order valence-electron chi connectivity index (χ4n) is 4.76. The number of hydrogen-bond acceptors (Lipinski definition) is 3. The van der Waals surface area contributed by atoms with E-state index in [1.54, 1.807) is 0 Å². The van der Waals surface area contributed by atoms with Crippen molar-refractivity contribution in [2.24, 2.45) is 23.7 Å². The zero-order valence-electron chi connectivity index (χ0n) is 11.2. The van der Waals surface area contributed by atoms with Crippen molar-refractivity contribution in [3.63, 3.8) is 0 Å². The molecule has 0 aromatic carbocycles. The van der Waals surface area contributed by atoms with Crippen molar-refractivity contribution >= 4 is 5.78 Å². The lowest BCUT2D eigenvalue weighted by Gasteiger charge is -2.44. The highest BCUT2D eigenvalue weighted by Gasteiger charge is 2.50. The van der Waals surface area contributed by atoms with Gasteiger partial charge in [0.2, 0.25) is 0 Å². The van der Waals surface area contributed by atoms with Crippen LogP contribution in [0.25, 0.3) is 0 Å². The van der Waals surface area contributed by atoms with Crippen LogP contribution in [0.5, 0.6) is 0 Å². The number of ketones is 1. The second-order valence-corrected chi connectivity index (χ2v) is 6.49. The number of nitrogens with zero attached hydrogens (tertiary/aromatic N) is 1. The highest BCUT2D eigenvalue weighted by atomic mass is 16.3. The van der Waals surface area contributed by atoms with Crippen molar-refractivity contribution in [3.05, 3.63) is 23.9 Å². The van der Waals surface area contributed by atoms with Gasteiger partial charge in [0, 0.05) is 30.2 Å². The molecule has 1 saturated carbocycles. The molecule has 5 atom stereocenters. The number of hydrogen-bond donors (Lipinski definition) is 1. The highest BCUT2D eigenvalue weighted by molar-refractivity contribution is 5.96. The van der Waals surface area contributed by atoms with E-state index in [0.29, 0.717) is 23.5 Å². The van der Waals surface area contributed by atoms with Crippen molar-refractivity contribution in [1.82, 2.24) is 4.90 Å². The van der Waals surface area contributed by atoms with Crippen molar-refractivity contribution in [1.29, 1.82) is 0 Å². The minimum atomic E-state index is 0.207. The van der Waals surface area contributed by atoms with Gasteiger partial charge in [0.05, 0.1) is 12.6 Å². The number of carbonyl (C=O) groups excluding carboxylic acids is 1. The molecule has 5 aliphatic rings. The van der Waals surface area contributed by atoms with Gasteiger partial charge in [-0.25, -0.2) is 0 Å². The predicted molar refractivity (Wildman–Crippen MR) is 72.2 cm³/mol. The molecule has 3 heteroatoms. The normalized spacial score (nSPS) is 43.8. The van der Waals surface area contributed by atoms with E-state index in [-0.39, 0.29) is 18.6 Å². The van der Waals surface area contributed by atoms with Gasteiger partial charge in [-0.2, -0.15) is 0 Å². The summed E-state index contributed by atoms with van der Waals surface area (Å²) in [6.07, 6.45) is 11.1. The number of likely N-dealkylation sites (tertiary alicyclic amines) is 1. The van der Waals surface area contributed by atoms with Crippen LogP contribution < -0.4 is 0 Å². The lowest BCUT2D eigenvalue weighted by Crippen LogP contribution is -2.42. The van der Waals surface area contributed by atoms with E-state index in [1.807, 2.05) is 6.08 Å². The molecule has 1 saturated heterocycles. The van der Waals surface area contributed by atoms with Crippen LogP contribution in [0, 0.1) is 23.7 Å². The summed E-state index contributed by atoms with van der Waals surface area (Å²) in [7, 11) is 0. The Morgan fingerprint density at radius 2 is 1.89 bits per heavy atom. The Bertz CT molecular complexity index is 467. The molecule has 0 aromatic rings. The smallest absolute Gasteiger partial charge is 0.161 e. The third kappa shape index (κ3) is 1.57. The largest absolute Gasteiger partial charge is 0.394 e. The first kappa shape index (κ1) is 11.7. The van der Waals surface area contributed by atoms with Gasteiger partial charge in [0.1, 0.15) is 0 Å². The van der Waals surface area contributed by atoms with E-state index in [0.717, 1.165) is 19.4 Å². The molecule has 0 spiro atoms. The predicted octanol–water partition coefficient (Wildman–Crippen LogP) is 1.74. The fourth-order valence-corrected chi connectivity index (χ4v) is 4.76. The summed E-state index contributed by atoms with van der Waals surface area (Å²) >= 11 is 0. The molecule has 2 fully saturated rings. The Morgan fingerprint density at radius 1 is 1.16 bits per heavy atom. The molecule has 5 rings (SSSR count). The number of fused-ring (bicyclic) bond motifs is 1. The molecule has 19 heavy (non-hydrogen) atoms. The monoisotopic (exact) mass is 259 g/mol. The van der Waals surface area contributed by atoms with Gasteiger partial charge in [0.15, 0.2) is 5.78 Å². The van der Waals surface area contributed by atoms with Gasteiger partial charge in [-0.05, 0) is 37.5 Å². The van der Waals surface area contributed by atoms with E-state index in [1.165, 1.54) is 18.5 Å². The quantitative estimate of drug-likeness (QED) is 0.768. The molecular weight excluding hydrogens is 238 g/mol. The van der Waals surface area contributed by atoms with Gasteiger partial charge in [0.25, 0.3) is 0 Å². The molecular formula is C16H21NO2. The van der Waals surface area contributed by atoms with Gasteiger partial charge in [-0.15, -0.1) is 0 Å². The Kier molecular flexibility index (Phi) is 2.59. The molecule has 1 aliphatic heterocycles. The first-order valence-electron chi connectivity index (χ1n) is 7.61. The molecule has 1 N–H and O–H groups in total. The zero-order chi connectivity index (χ0) is 13.0. The van der Waals surface area contributed by atoms with E-state index >= 15 is 0 Å². The summed E-state index contributed by atoms with van der Waals surface area (Å²) in [6, 6.07) is 0.238. The van der Waals surface area contributed by atoms with Crippen LogP contribution in [-0.4, -0.2) is 35.0 Å². The first-order valence-corrected chi connectivity index (χ1v) is 7.61. The summed E-state index contributed by atoms with van der Waals surface area (Å²) in [4.78, 5) is 14.7. The van der Waals surface area contributed by atoms with E-state index in [4.69, 9.17) is 0 Å². The van der Waals surface area contributed by atoms with E-state index in [2.05, 4.69) is 17.1 Å². The zero-order valence-corrected chi connectivity index (χ0v) is 11.2. The number of carbonyl (C=O) groups is 1. The minimum Gasteiger partial charge on any atom is -0.394 e. The summed E-state index contributed by atoms with van der Waals surface area (Å²) < 4.78 is 0. The van der Waals surface area contributed by atoms with Crippen LogP contribution >= 0.6 is 0 Å². The molecule has 0 aromatic heterocycles. The molecule has 4 aliphatic carbocycles. The molecule has 0 unspecified atom stereocenters. The Morgan fingerprint density at radius 3 is 2.58 bits per heavy atom. The van der Waals surface area contributed by atoms with Gasteiger partial charge in [-0.1, -0.05) is 12.2 Å². The Hall–Kier alpha value is -1.09. The van der Waals surface area contributed by atoms with Crippen molar-refractivity contribution < 1.29 is 9.90 Å². The first-order chi connectivity index (χ1) is 9.29. The van der Waals surface area contributed by atoms with Crippen molar-refractivity contribution in [2.45, 2.75) is 31.7 Å². The molecule has 3 nitrogen and oxygen atoms in total. The number of aliphatic hydroxyl groups is 1. The van der Waals surface area contributed by atoms with Crippen LogP contribution in [0.1, 0.15) is 25.7 Å². The molecule has 0 amide bonds. The maximum absolute atomic E-state index is 12.4. The van der Waals surface area contributed by atoms with Crippen molar-refractivity contribution in [2.75, 3.05) is 13.2 Å². The van der Waals surface area contributed by atoms with Gasteiger partial charge >= 0.3 is 0 Å². The van der Waals surface area contributed by atoms with Gasteiger partial charge in [-0.3, -0.25) is 4.79 Å². The van der Waals surface area contributed by atoms with Crippen molar-refractivity contribution in [3.8, 4) is 0 Å². The van der Waals surface area contributed by atoms with Crippen LogP contribution in [0.15, 0.2) is 23.9 Å². The second-order valence-electron chi connectivity index (χ2n) is 6.49. The average molecular weight is 259 g/mol. The minimum absolute atomic E-state index is 0.207. The summed E-state index contributed by atoms with van der Waals surface area (Å²) in [5, 5.41) is 9.52. The van der Waals surface area contributed by atoms with Crippen LogP contribution in [-0.2, 0) is 4.79 Å². The van der Waals surface area contributed by atoms with E-state index < -0.39 is 0 Å². The number of rotatable bonds is 2. The molecule has 102 valence electrons. The summed E-state index contributed by atoms with van der Waals surface area (Å²) in [6.45, 7) is 1.22. The van der Waals surface area contributed by atoms with Gasteiger partial charge < -0.3 is 10.0 Å². The van der Waals surface area contributed by atoms with Crippen LogP contribution in [0.4, 0.5) is 0 Å². The lowest BCUT2D eigenvalue weighted by molar-refractivity contribution is -0.121. The number of allylic oxidation sites excluding steroid dienone is 4. The molecule has 0 radical (unpaired) electrons. The topological polar surface area (TPSA) is 40.5 Å². The van der Waals surface area contributed by atoms with Crippen LogP contribution in [0.3, 0.4) is 0 Å². The standard InChI is InChI=1S/C16H21NO2/c18-9-12-2-1-7-17(12)13-8-14(19)16-11-5-3-10(4-6-11)15(13)16/h3,5,8,10-12,15-16,18H,1-2,4,6-7,9H2/t10-,11+,12+,15+,16-/m1/s1. The summed E-state index contributed by atoms with van der Waals surface area (Å²) in [5.41, 5.74) is 1.24. The third-order valence-electron chi connectivity index (χ3n) is 5.63. The maximum atomic E-state index is 12.4. The van der Waals surface area contributed by atoms with E-state index in [9.17, 15) is 9.90 Å². The SMILES string of the molecule is O=C1C=C(N2CCC[C@H]2CO)[C@H]2[C@@H]1[C@H]1C=C[C@@H]2CC1. The number of aliphatic hydroxyl groups excluding tert-OH is 1. The molecule has 1 heterocycles. The second kappa shape index (κ2) is 4.20. The molecule has 2 bridgehead atoms. The lowest BCUT2D eigenvalue weighted by atomic mass is 9.62. The Labute approximate surface area is 114 Å². The maximum Gasteiger partial charge on any atom is 0.161 e. The summed E-state index contributed by atoms with van der Waals surface area (Å²) in [5.74, 6) is 1.96. The third-order valence-corrected chi connectivity index (χ3v) is 5.63. The average Bonchev–Trinajstić information content (AvgIpc) is 3.05. The highest BCUT2D eigenvalue weighted by Crippen LogP contribution is 2.52. The van der Waals surface area contributed by atoms with Crippen LogP contribution in [0.2, 0.25) is 0 Å². The Balaban J connectivity index is 1.68.